The van der Waals surface area contributed by atoms with E-state index in [1.165, 1.54) is 0 Å². The summed E-state index contributed by atoms with van der Waals surface area (Å²) in [6.45, 7) is 2.77. The Kier molecular flexibility index (Phi) is 4.70. The van der Waals surface area contributed by atoms with Gasteiger partial charge in [0.05, 0.1) is 15.9 Å². The Morgan fingerprint density at radius 1 is 1.27 bits per heavy atom. The standard InChI is InChI=1S/C20H21N3O2S/c1-13-7-6-11-21-17(13)18(23-12-5-4-9-15(23)20(24)25)19-22-14-8-2-3-10-16(14)26-19/h2-3,6-8,10-11,15,18H,4-5,9,12H2,1H3,(H,24,25). The number of aryl methyl sites for hydroxylation is 1. The second-order valence-electron chi connectivity index (χ2n) is 6.72. The first-order chi connectivity index (χ1) is 12.6. The number of benzene rings is 1. The smallest absolute Gasteiger partial charge is 0.320 e. The molecule has 1 N–H and O–H groups in total. The predicted octanol–water partition coefficient (Wildman–Crippen LogP) is 4.03. The number of hydrogen-bond acceptors (Lipinski definition) is 5. The minimum atomic E-state index is -0.760. The van der Waals surface area contributed by atoms with E-state index in [9.17, 15) is 9.90 Å². The van der Waals surface area contributed by atoms with Crippen molar-refractivity contribution >= 4 is 27.5 Å². The highest BCUT2D eigenvalue weighted by atomic mass is 32.1. The highest BCUT2D eigenvalue weighted by Gasteiger charge is 2.37. The van der Waals surface area contributed by atoms with Crippen LogP contribution < -0.4 is 0 Å². The molecule has 0 aliphatic carbocycles. The van der Waals surface area contributed by atoms with E-state index in [0.29, 0.717) is 6.42 Å². The van der Waals surface area contributed by atoms with Gasteiger partial charge in [-0.2, -0.15) is 0 Å². The topological polar surface area (TPSA) is 66.3 Å². The van der Waals surface area contributed by atoms with Crippen LogP contribution in [0.1, 0.15) is 41.6 Å². The van der Waals surface area contributed by atoms with E-state index in [0.717, 1.165) is 45.9 Å². The first-order valence-corrected chi connectivity index (χ1v) is 9.72. The van der Waals surface area contributed by atoms with Gasteiger partial charge in [-0.15, -0.1) is 11.3 Å². The Morgan fingerprint density at radius 3 is 2.88 bits per heavy atom. The van der Waals surface area contributed by atoms with Crippen LogP contribution in [0.15, 0.2) is 42.6 Å². The second kappa shape index (κ2) is 7.13. The normalized spacial score (nSPS) is 19.5. The number of carboxylic acids is 1. The quantitative estimate of drug-likeness (QED) is 0.754. The molecule has 0 saturated carbocycles. The molecule has 134 valence electrons. The zero-order valence-electron chi connectivity index (χ0n) is 14.6. The van der Waals surface area contributed by atoms with Gasteiger partial charge in [0.25, 0.3) is 0 Å². The molecule has 0 bridgehead atoms. The maximum atomic E-state index is 11.9. The molecule has 3 heterocycles. The van der Waals surface area contributed by atoms with Gasteiger partial charge in [0, 0.05) is 12.7 Å². The van der Waals surface area contributed by atoms with E-state index < -0.39 is 12.0 Å². The van der Waals surface area contributed by atoms with E-state index in [-0.39, 0.29) is 6.04 Å². The Hall–Kier alpha value is -2.31. The van der Waals surface area contributed by atoms with Crippen LogP contribution in [0.4, 0.5) is 0 Å². The first-order valence-electron chi connectivity index (χ1n) is 8.90. The van der Waals surface area contributed by atoms with Gasteiger partial charge in [-0.3, -0.25) is 14.7 Å². The molecular formula is C20H21N3O2S. The SMILES string of the molecule is Cc1cccnc1C(c1nc2ccccc2s1)N1CCCCC1C(=O)O. The minimum Gasteiger partial charge on any atom is -0.480 e. The van der Waals surface area contributed by atoms with Crippen molar-refractivity contribution in [1.29, 1.82) is 0 Å². The number of carbonyl (C=O) groups is 1. The number of para-hydroxylation sites is 1. The number of aliphatic carboxylic acids is 1. The van der Waals surface area contributed by atoms with Gasteiger partial charge in [0.2, 0.25) is 0 Å². The van der Waals surface area contributed by atoms with Crippen LogP contribution in [0.2, 0.25) is 0 Å². The zero-order chi connectivity index (χ0) is 18.1. The minimum absolute atomic E-state index is 0.227. The third-order valence-electron chi connectivity index (χ3n) is 5.01. The Bertz CT molecular complexity index is 906. The molecule has 2 atom stereocenters. The lowest BCUT2D eigenvalue weighted by Crippen LogP contribution is -2.47. The van der Waals surface area contributed by atoms with Gasteiger partial charge in [0.15, 0.2) is 0 Å². The molecule has 2 unspecified atom stereocenters. The van der Waals surface area contributed by atoms with Crippen molar-refractivity contribution in [2.45, 2.75) is 38.3 Å². The fourth-order valence-corrected chi connectivity index (χ4v) is 4.83. The summed E-state index contributed by atoms with van der Waals surface area (Å²) in [6.07, 6.45) is 4.39. The van der Waals surface area contributed by atoms with Crippen LogP contribution in [0.3, 0.4) is 0 Å². The molecule has 1 fully saturated rings. The van der Waals surface area contributed by atoms with Gasteiger partial charge in [0.1, 0.15) is 17.1 Å². The third kappa shape index (κ3) is 3.10. The lowest BCUT2D eigenvalue weighted by molar-refractivity contribution is -0.145. The molecule has 1 aromatic carbocycles. The fraction of sp³-hybridized carbons (Fsp3) is 0.350. The molecule has 0 radical (unpaired) electrons. The van der Waals surface area contributed by atoms with Crippen molar-refractivity contribution in [1.82, 2.24) is 14.9 Å². The summed E-state index contributed by atoms with van der Waals surface area (Å²) < 4.78 is 1.12. The van der Waals surface area contributed by atoms with Gasteiger partial charge in [-0.1, -0.05) is 24.6 Å². The predicted molar refractivity (Wildman–Crippen MR) is 102 cm³/mol. The molecule has 6 heteroatoms. The van der Waals surface area contributed by atoms with E-state index >= 15 is 0 Å². The van der Waals surface area contributed by atoms with Crippen LogP contribution in [0, 0.1) is 6.92 Å². The first kappa shape index (κ1) is 17.1. The summed E-state index contributed by atoms with van der Waals surface area (Å²) >= 11 is 1.63. The van der Waals surface area contributed by atoms with E-state index in [1.807, 2.05) is 37.3 Å². The number of carboxylic acid groups (broad SMARTS) is 1. The molecule has 0 spiro atoms. The number of aromatic nitrogens is 2. The molecule has 3 aromatic rings. The van der Waals surface area contributed by atoms with Crippen molar-refractivity contribution in [3.05, 3.63) is 58.9 Å². The van der Waals surface area contributed by atoms with Crippen LogP contribution in [0.5, 0.6) is 0 Å². The van der Waals surface area contributed by atoms with Gasteiger partial charge in [-0.05, 0) is 43.5 Å². The van der Waals surface area contributed by atoms with Crippen molar-refractivity contribution < 1.29 is 9.90 Å². The summed E-state index contributed by atoms with van der Waals surface area (Å²) in [7, 11) is 0. The van der Waals surface area contributed by atoms with E-state index in [4.69, 9.17) is 4.98 Å². The average Bonchev–Trinajstić information content (AvgIpc) is 3.07. The molecule has 2 aromatic heterocycles. The van der Waals surface area contributed by atoms with Crippen LogP contribution >= 0.6 is 11.3 Å². The Labute approximate surface area is 156 Å². The van der Waals surface area contributed by atoms with E-state index in [2.05, 4.69) is 16.0 Å². The number of hydrogen-bond donors (Lipinski definition) is 1. The van der Waals surface area contributed by atoms with Gasteiger partial charge in [-0.25, -0.2) is 4.98 Å². The monoisotopic (exact) mass is 367 g/mol. The number of thiazole rings is 1. The van der Waals surface area contributed by atoms with Crippen molar-refractivity contribution in [3.63, 3.8) is 0 Å². The largest absolute Gasteiger partial charge is 0.480 e. The lowest BCUT2D eigenvalue weighted by Gasteiger charge is -2.38. The van der Waals surface area contributed by atoms with Gasteiger partial charge < -0.3 is 5.11 Å². The van der Waals surface area contributed by atoms with Crippen LogP contribution in [0.25, 0.3) is 10.2 Å². The molecule has 0 amide bonds. The molecule has 1 saturated heterocycles. The fourth-order valence-electron chi connectivity index (χ4n) is 3.74. The summed E-state index contributed by atoms with van der Waals surface area (Å²) in [5.74, 6) is -0.760. The van der Waals surface area contributed by atoms with Crippen LogP contribution in [-0.4, -0.2) is 38.5 Å². The number of piperidine rings is 1. The highest BCUT2D eigenvalue weighted by Crippen LogP contribution is 2.38. The molecular weight excluding hydrogens is 346 g/mol. The molecule has 5 nitrogen and oxygen atoms in total. The number of nitrogens with zero attached hydrogens (tertiary/aromatic N) is 3. The Balaban J connectivity index is 1.86. The molecule has 1 aliphatic heterocycles. The maximum absolute atomic E-state index is 11.9. The maximum Gasteiger partial charge on any atom is 0.320 e. The van der Waals surface area contributed by atoms with Crippen LogP contribution in [-0.2, 0) is 4.79 Å². The molecule has 26 heavy (non-hydrogen) atoms. The molecule has 1 aliphatic rings. The number of pyridine rings is 1. The van der Waals surface area contributed by atoms with Crippen molar-refractivity contribution in [2.75, 3.05) is 6.54 Å². The van der Waals surface area contributed by atoms with E-state index in [1.54, 1.807) is 17.5 Å². The van der Waals surface area contributed by atoms with Crippen molar-refractivity contribution in [2.24, 2.45) is 0 Å². The summed E-state index contributed by atoms with van der Waals surface area (Å²) in [5, 5.41) is 10.7. The number of rotatable bonds is 4. The van der Waals surface area contributed by atoms with Gasteiger partial charge >= 0.3 is 5.97 Å². The number of likely N-dealkylation sites (tertiary alicyclic amines) is 1. The second-order valence-corrected chi connectivity index (χ2v) is 7.78. The number of fused-ring (bicyclic) bond motifs is 1. The Morgan fingerprint density at radius 2 is 2.12 bits per heavy atom. The summed E-state index contributed by atoms with van der Waals surface area (Å²) in [4.78, 5) is 23.5. The third-order valence-corrected chi connectivity index (χ3v) is 6.10. The summed E-state index contributed by atoms with van der Waals surface area (Å²) in [6, 6.07) is 11.3. The summed E-state index contributed by atoms with van der Waals surface area (Å²) in [5.41, 5.74) is 2.92. The lowest BCUT2D eigenvalue weighted by atomic mass is 9.97. The zero-order valence-corrected chi connectivity index (χ0v) is 15.4. The average molecular weight is 367 g/mol. The highest BCUT2D eigenvalue weighted by molar-refractivity contribution is 7.18. The molecule has 4 rings (SSSR count). The van der Waals surface area contributed by atoms with Crippen molar-refractivity contribution in [3.8, 4) is 0 Å².